The van der Waals surface area contributed by atoms with E-state index in [2.05, 4.69) is 29.0 Å². The topological polar surface area (TPSA) is 94.4 Å². The Morgan fingerprint density at radius 1 is 1.15 bits per heavy atom. The summed E-state index contributed by atoms with van der Waals surface area (Å²) in [7, 11) is 0. The first-order chi connectivity index (χ1) is 16.6. The molecule has 2 aliphatic rings. The van der Waals surface area contributed by atoms with Crippen molar-refractivity contribution in [3.63, 3.8) is 0 Å². The molecule has 9 heteroatoms. The van der Waals surface area contributed by atoms with Crippen LogP contribution in [0.5, 0.6) is 11.5 Å². The zero-order chi connectivity index (χ0) is 23.5. The van der Waals surface area contributed by atoms with Crippen molar-refractivity contribution < 1.29 is 14.3 Å². The van der Waals surface area contributed by atoms with Gasteiger partial charge in [-0.15, -0.1) is 0 Å². The fourth-order valence-electron chi connectivity index (χ4n) is 4.39. The van der Waals surface area contributed by atoms with Gasteiger partial charge >= 0.3 is 0 Å². The number of aromatic nitrogens is 4. The number of fused-ring (bicyclic) bond motifs is 1. The molecule has 1 amide bonds. The van der Waals surface area contributed by atoms with Gasteiger partial charge in [-0.25, -0.2) is 9.97 Å². The Hall–Kier alpha value is -3.62. The zero-order valence-corrected chi connectivity index (χ0v) is 19.6. The van der Waals surface area contributed by atoms with Crippen LogP contribution in [0.1, 0.15) is 56.7 Å². The summed E-state index contributed by atoms with van der Waals surface area (Å²) in [5, 5.41) is 3.13. The number of ether oxygens (including phenoxy) is 2. The maximum atomic E-state index is 13.4. The van der Waals surface area contributed by atoms with Gasteiger partial charge in [0.2, 0.25) is 18.6 Å². The minimum absolute atomic E-state index is 0.00783. The highest BCUT2D eigenvalue weighted by Crippen LogP contribution is 2.32. The number of hydrogen-bond donors (Lipinski definition) is 1. The molecule has 2 aliphatic heterocycles. The number of rotatable bonds is 6. The van der Waals surface area contributed by atoms with Crippen LogP contribution in [-0.2, 0) is 11.3 Å². The van der Waals surface area contributed by atoms with Crippen molar-refractivity contribution in [2.45, 2.75) is 58.0 Å². The van der Waals surface area contributed by atoms with Gasteiger partial charge in [0.05, 0.1) is 5.69 Å². The smallest absolute Gasteiger partial charge is 0.243 e. The molecule has 0 radical (unpaired) electrons. The van der Waals surface area contributed by atoms with Gasteiger partial charge in [0.25, 0.3) is 0 Å². The lowest BCUT2D eigenvalue weighted by molar-refractivity contribution is -0.122. The van der Waals surface area contributed by atoms with E-state index in [0.717, 1.165) is 60.8 Å². The van der Waals surface area contributed by atoms with Gasteiger partial charge in [0, 0.05) is 31.5 Å². The number of benzene rings is 1. The van der Waals surface area contributed by atoms with Gasteiger partial charge in [-0.1, -0.05) is 32.8 Å². The zero-order valence-electron chi connectivity index (χ0n) is 19.6. The molecule has 1 saturated heterocycles. The standard InChI is InChI=1S/C25H30N6O3/c1-17(2)19-13-23(29-25(28-19)30-11-9-26-15-30)31-10-5-3-4-6-20(31)24(32)27-14-18-7-8-21-22(12-18)34-16-33-21/h7-9,11-13,15,17,20H,3-6,10,14,16H2,1-2H3,(H,27,32). The fourth-order valence-corrected chi connectivity index (χ4v) is 4.39. The molecule has 0 saturated carbocycles. The predicted octanol–water partition coefficient (Wildman–Crippen LogP) is 3.58. The van der Waals surface area contributed by atoms with Crippen LogP contribution in [-0.4, -0.2) is 44.8 Å². The number of nitrogens with one attached hydrogen (secondary N) is 1. The summed E-state index contributed by atoms with van der Waals surface area (Å²) in [6.45, 7) is 5.67. The third kappa shape index (κ3) is 4.69. The van der Waals surface area contributed by atoms with E-state index in [0.29, 0.717) is 12.5 Å². The Morgan fingerprint density at radius 3 is 2.85 bits per heavy atom. The molecule has 0 bridgehead atoms. The second kappa shape index (κ2) is 9.70. The number of carbonyl (C=O) groups is 1. The van der Waals surface area contributed by atoms with Crippen LogP contribution in [0, 0.1) is 0 Å². The summed E-state index contributed by atoms with van der Waals surface area (Å²) in [4.78, 5) is 29.3. The van der Waals surface area contributed by atoms with Crippen LogP contribution in [0.2, 0.25) is 0 Å². The first kappa shape index (κ1) is 22.2. The predicted molar refractivity (Wildman–Crippen MR) is 127 cm³/mol. The van der Waals surface area contributed by atoms with Gasteiger partial charge in [-0.05, 0) is 36.5 Å². The van der Waals surface area contributed by atoms with Crippen molar-refractivity contribution in [2.24, 2.45) is 0 Å². The minimum Gasteiger partial charge on any atom is -0.454 e. The highest BCUT2D eigenvalue weighted by Gasteiger charge is 2.29. The van der Waals surface area contributed by atoms with E-state index < -0.39 is 0 Å². The summed E-state index contributed by atoms with van der Waals surface area (Å²) in [5.74, 6) is 3.05. The van der Waals surface area contributed by atoms with Crippen LogP contribution in [0.25, 0.3) is 5.95 Å². The lowest BCUT2D eigenvalue weighted by atomic mass is 10.1. The number of amides is 1. The number of imidazole rings is 1. The third-order valence-electron chi connectivity index (χ3n) is 6.30. The first-order valence-corrected chi connectivity index (χ1v) is 11.9. The van der Waals surface area contributed by atoms with Crippen molar-refractivity contribution in [2.75, 3.05) is 18.2 Å². The lowest BCUT2D eigenvalue weighted by Crippen LogP contribution is -2.47. The van der Waals surface area contributed by atoms with Crippen LogP contribution in [0.15, 0.2) is 43.0 Å². The van der Waals surface area contributed by atoms with Crippen molar-refractivity contribution in [3.05, 3.63) is 54.2 Å². The lowest BCUT2D eigenvalue weighted by Gasteiger charge is -2.31. The normalized spacial score (nSPS) is 17.6. The summed E-state index contributed by atoms with van der Waals surface area (Å²) in [6, 6.07) is 7.49. The van der Waals surface area contributed by atoms with E-state index in [9.17, 15) is 4.79 Å². The Labute approximate surface area is 199 Å². The molecule has 1 N–H and O–H groups in total. The quantitative estimate of drug-likeness (QED) is 0.598. The Morgan fingerprint density at radius 2 is 2.03 bits per heavy atom. The SMILES string of the molecule is CC(C)c1cc(N2CCCCCC2C(=O)NCc2ccc3c(c2)OCO3)nc(-n2ccnc2)n1. The molecule has 0 spiro atoms. The highest BCUT2D eigenvalue weighted by molar-refractivity contribution is 5.85. The van der Waals surface area contributed by atoms with Gasteiger partial charge in [0.1, 0.15) is 18.2 Å². The van der Waals surface area contributed by atoms with Gasteiger partial charge in [-0.2, -0.15) is 4.98 Å². The Kier molecular flexibility index (Phi) is 6.33. The fraction of sp³-hybridized carbons (Fsp3) is 0.440. The summed E-state index contributed by atoms with van der Waals surface area (Å²) in [5.41, 5.74) is 1.92. The molecule has 3 aromatic rings. The van der Waals surface area contributed by atoms with Gasteiger partial charge < -0.3 is 19.7 Å². The van der Waals surface area contributed by atoms with Gasteiger partial charge in [-0.3, -0.25) is 9.36 Å². The molecule has 1 unspecified atom stereocenters. The monoisotopic (exact) mass is 462 g/mol. The largest absolute Gasteiger partial charge is 0.454 e. The second-order valence-corrected chi connectivity index (χ2v) is 9.04. The molecule has 1 atom stereocenters. The van der Waals surface area contributed by atoms with Crippen molar-refractivity contribution in [1.29, 1.82) is 0 Å². The Balaban J connectivity index is 1.39. The molecular weight excluding hydrogens is 432 g/mol. The summed E-state index contributed by atoms with van der Waals surface area (Å²) >= 11 is 0. The van der Waals surface area contributed by atoms with E-state index in [-0.39, 0.29) is 24.7 Å². The van der Waals surface area contributed by atoms with Crippen LogP contribution in [0.3, 0.4) is 0 Å². The third-order valence-corrected chi connectivity index (χ3v) is 6.30. The van der Waals surface area contributed by atoms with Crippen LogP contribution < -0.4 is 19.7 Å². The maximum Gasteiger partial charge on any atom is 0.243 e. The van der Waals surface area contributed by atoms with Crippen molar-refractivity contribution in [3.8, 4) is 17.4 Å². The molecule has 5 rings (SSSR count). The molecule has 0 aliphatic carbocycles. The van der Waals surface area contributed by atoms with E-state index >= 15 is 0 Å². The molecule has 178 valence electrons. The Bertz CT molecular complexity index is 1150. The number of anilines is 1. The average Bonchev–Trinajstić information content (AvgIpc) is 3.49. The average molecular weight is 463 g/mol. The number of carbonyl (C=O) groups excluding carboxylic acids is 1. The molecule has 9 nitrogen and oxygen atoms in total. The molecule has 1 fully saturated rings. The number of nitrogens with zero attached hydrogens (tertiary/aromatic N) is 5. The second-order valence-electron chi connectivity index (χ2n) is 9.04. The summed E-state index contributed by atoms with van der Waals surface area (Å²) < 4.78 is 12.6. The van der Waals surface area contributed by atoms with Crippen molar-refractivity contribution in [1.82, 2.24) is 24.8 Å². The highest BCUT2D eigenvalue weighted by atomic mass is 16.7. The first-order valence-electron chi connectivity index (χ1n) is 11.9. The minimum atomic E-state index is -0.290. The van der Waals surface area contributed by atoms with E-state index in [4.69, 9.17) is 19.4 Å². The number of hydrogen-bond acceptors (Lipinski definition) is 7. The van der Waals surface area contributed by atoms with Crippen LogP contribution >= 0.6 is 0 Å². The molecule has 2 aromatic heterocycles. The molecule has 1 aromatic carbocycles. The molecule has 4 heterocycles. The molecular formula is C25H30N6O3. The van der Waals surface area contributed by atoms with E-state index in [1.165, 1.54) is 0 Å². The maximum absolute atomic E-state index is 13.4. The summed E-state index contributed by atoms with van der Waals surface area (Å²) in [6.07, 6.45) is 9.15. The molecule has 34 heavy (non-hydrogen) atoms. The van der Waals surface area contributed by atoms with Crippen LogP contribution in [0.4, 0.5) is 5.82 Å². The van der Waals surface area contributed by atoms with E-state index in [1.54, 1.807) is 12.5 Å². The van der Waals surface area contributed by atoms with Gasteiger partial charge in [0.15, 0.2) is 11.5 Å². The van der Waals surface area contributed by atoms with E-state index in [1.807, 2.05) is 35.0 Å². The van der Waals surface area contributed by atoms with Crippen molar-refractivity contribution >= 4 is 11.7 Å².